The highest BCUT2D eigenvalue weighted by atomic mass is 16.3. The van der Waals surface area contributed by atoms with Gasteiger partial charge in [0, 0.05) is 38.6 Å². The fraction of sp³-hybridized carbons (Fsp3) is 0.0612. The molecule has 51 heavy (non-hydrogen) atoms. The smallest absolute Gasteiger partial charge is 0.143 e. The van der Waals surface area contributed by atoms with E-state index in [0.717, 1.165) is 44.4 Å². The minimum atomic E-state index is -0.0473. The fourth-order valence-corrected chi connectivity index (χ4v) is 8.33. The highest BCUT2D eigenvalue weighted by Crippen LogP contribution is 2.51. The summed E-state index contributed by atoms with van der Waals surface area (Å²) in [5.74, 6) is 0. The Morgan fingerprint density at radius 3 is 1.88 bits per heavy atom. The molecule has 0 spiro atoms. The standard InChI is InChI=1S/C49H35NO/c1-49(2)45-21-10-8-18-39(45)43-30-37(27-28-46(43)49)50(36-16-12-15-34(29-36)32-13-4-3-5-14-32)35-25-23-33(24-26-35)42-31-44-40-19-9-11-22-47(40)51-48(44)41-20-7-6-17-38(41)42/h3-31H,1-2H3. The highest BCUT2D eigenvalue weighted by molar-refractivity contribution is 6.19. The summed E-state index contributed by atoms with van der Waals surface area (Å²) in [5, 5.41) is 4.60. The van der Waals surface area contributed by atoms with Crippen LogP contribution in [0.15, 0.2) is 180 Å². The summed E-state index contributed by atoms with van der Waals surface area (Å²) in [6.07, 6.45) is 0. The van der Waals surface area contributed by atoms with Crippen molar-refractivity contribution in [3.63, 3.8) is 0 Å². The van der Waals surface area contributed by atoms with Crippen molar-refractivity contribution in [3.05, 3.63) is 187 Å². The molecule has 1 aliphatic carbocycles. The summed E-state index contributed by atoms with van der Waals surface area (Å²) < 4.78 is 6.41. The summed E-state index contributed by atoms with van der Waals surface area (Å²) in [5.41, 5.74) is 15.3. The van der Waals surface area contributed by atoms with Gasteiger partial charge < -0.3 is 9.32 Å². The van der Waals surface area contributed by atoms with Gasteiger partial charge in [-0.05, 0) is 98.4 Å². The predicted octanol–water partition coefficient (Wildman–Crippen LogP) is 13.8. The molecule has 2 heteroatoms. The molecule has 2 nitrogen and oxygen atoms in total. The van der Waals surface area contributed by atoms with E-state index >= 15 is 0 Å². The lowest BCUT2D eigenvalue weighted by molar-refractivity contribution is 0.660. The zero-order valence-corrected chi connectivity index (χ0v) is 28.6. The second kappa shape index (κ2) is 11.3. The van der Waals surface area contributed by atoms with Crippen molar-refractivity contribution in [2.24, 2.45) is 0 Å². The van der Waals surface area contributed by atoms with E-state index in [4.69, 9.17) is 4.42 Å². The van der Waals surface area contributed by atoms with E-state index < -0.39 is 0 Å². The van der Waals surface area contributed by atoms with E-state index in [9.17, 15) is 0 Å². The molecule has 0 saturated carbocycles. The van der Waals surface area contributed by atoms with Crippen molar-refractivity contribution in [1.29, 1.82) is 0 Å². The number of anilines is 3. The Kier molecular flexibility index (Phi) is 6.56. The van der Waals surface area contributed by atoms with E-state index in [1.165, 1.54) is 49.9 Å². The topological polar surface area (TPSA) is 16.4 Å². The van der Waals surface area contributed by atoms with Crippen LogP contribution >= 0.6 is 0 Å². The van der Waals surface area contributed by atoms with Crippen LogP contribution in [-0.2, 0) is 5.41 Å². The van der Waals surface area contributed by atoms with Gasteiger partial charge in [0.15, 0.2) is 0 Å². The molecular weight excluding hydrogens is 619 g/mol. The zero-order valence-electron chi connectivity index (χ0n) is 28.6. The SMILES string of the molecule is CC1(C)c2ccccc2-c2cc(N(c3ccc(-c4cc5c6ccccc6oc5c5ccccc45)cc3)c3cccc(-c4ccccc4)c3)ccc21. The van der Waals surface area contributed by atoms with Gasteiger partial charge in [-0.15, -0.1) is 0 Å². The van der Waals surface area contributed by atoms with Crippen LogP contribution in [0.3, 0.4) is 0 Å². The molecule has 0 unspecified atom stereocenters. The van der Waals surface area contributed by atoms with E-state index in [0.29, 0.717) is 0 Å². The van der Waals surface area contributed by atoms with Gasteiger partial charge in [-0.2, -0.15) is 0 Å². The van der Waals surface area contributed by atoms with Gasteiger partial charge >= 0.3 is 0 Å². The maximum atomic E-state index is 6.41. The number of nitrogens with zero attached hydrogens (tertiary/aromatic N) is 1. The summed E-state index contributed by atoms with van der Waals surface area (Å²) in [6, 6.07) is 63.7. The molecule has 0 N–H and O–H groups in total. The molecule has 0 amide bonds. The van der Waals surface area contributed by atoms with Crippen molar-refractivity contribution >= 4 is 49.8 Å². The van der Waals surface area contributed by atoms with Crippen molar-refractivity contribution in [3.8, 4) is 33.4 Å². The third-order valence-electron chi connectivity index (χ3n) is 10.9. The molecule has 0 fully saturated rings. The number of fused-ring (bicyclic) bond motifs is 8. The molecule has 10 rings (SSSR count). The first-order valence-electron chi connectivity index (χ1n) is 17.7. The lowest BCUT2D eigenvalue weighted by Crippen LogP contribution is -2.15. The van der Waals surface area contributed by atoms with Crippen LogP contribution in [0.2, 0.25) is 0 Å². The molecule has 9 aromatic rings. The van der Waals surface area contributed by atoms with Crippen LogP contribution in [0.5, 0.6) is 0 Å². The largest absolute Gasteiger partial charge is 0.455 e. The Bertz CT molecular complexity index is 2770. The molecule has 242 valence electrons. The Balaban J connectivity index is 1.14. The molecule has 1 aliphatic rings. The molecule has 0 bridgehead atoms. The molecule has 0 saturated heterocycles. The van der Waals surface area contributed by atoms with Crippen molar-refractivity contribution in [1.82, 2.24) is 0 Å². The highest BCUT2D eigenvalue weighted by Gasteiger charge is 2.35. The van der Waals surface area contributed by atoms with Gasteiger partial charge in [0.2, 0.25) is 0 Å². The second-order valence-electron chi connectivity index (χ2n) is 14.1. The summed E-state index contributed by atoms with van der Waals surface area (Å²) in [6.45, 7) is 4.68. The number of hydrogen-bond donors (Lipinski definition) is 0. The lowest BCUT2D eigenvalue weighted by atomic mass is 9.82. The number of hydrogen-bond acceptors (Lipinski definition) is 2. The number of rotatable bonds is 5. The van der Waals surface area contributed by atoms with Crippen LogP contribution in [0, 0.1) is 0 Å². The predicted molar refractivity (Wildman–Crippen MR) is 214 cm³/mol. The fourth-order valence-electron chi connectivity index (χ4n) is 8.33. The Morgan fingerprint density at radius 2 is 1.04 bits per heavy atom. The molecule has 0 radical (unpaired) electrons. The molecule has 1 aromatic heterocycles. The quantitative estimate of drug-likeness (QED) is 0.184. The van der Waals surface area contributed by atoms with Gasteiger partial charge in [0.1, 0.15) is 11.2 Å². The molecule has 8 aromatic carbocycles. The normalized spacial score (nSPS) is 13.1. The third-order valence-corrected chi connectivity index (χ3v) is 10.9. The van der Waals surface area contributed by atoms with Crippen molar-refractivity contribution in [2.45, 2.75) is 19.3 Å². The lowest BCUT2D eigenvalue weighted by Gasteiger charge is -2.28. The first kappa shape index (κ1) is 29.5. The zero-order chi connectivity index (χ0) is 34.1. The molecule has 1 heterocycles. The van der Waals surface area contributed by atoms with Gasteiger partial charge in [-0.25, -0.2) is 0 Å². The summed E-state index contributed by atoms with van der Waals surface area (Å²) >= 11 is 0. The van der Waals surface area contributed by atoms with Crippen molar-refractivity contribution in [2.75, 3.05) is 4.90 Å². The van der Waals surface area contributed by atoms with Crippen LogP contribution in [-0.4, -0.2) is 0 Å². The minimum absolute atomic E-state index is 0.0473. The third kappa shape index (κ3) is 4.64. The van der Waals surface area contributed by atoms with E-state index in [-0.39, 0.29) is 5.41 Å². The monoisotopic (exact) mass is 653 g/mol. The van der Waals surface area contributed by atoms with Gasteiger partial charge in [-0.1, -0.05) is 141 Å². The molecule has 0 atom stereocenters. The van der Waals surface area contributed by atoms with Crippen molar-refractivity contribution < 1.29 is 4.42 Å². The van der Waals surface area contributed by atoms with Crippen LogP contribution in [0.4, 0.5) is 17.1 Å². The average molecular weight is 654 g/mol. The first-order valence-corrected chi connectivity index (χ1v) is 17.7. The number of benzene rings is 8. The molecular formula is C49H35NO. The Morgan fingerprint density at radius 1 is 0.392 bits per heavy atom. The first-order chi connectivity index (χ1) is 25.0. The summed E-state index contributed by atoms with van der Waals surface area (Å²) in [4.78, 5) is 2.40. The van der Waals surface area contributed by atoms with Gasteiger partial charge in [0.25, 0.3) is 0 Å². The Labute approximate surface area is 297 Å². The van der Waals surface area contributed by atoms with E-state index in [1.807, 2.05) is 6.07 Å². The van der Waals surface area contributed by atoms with Crippen LogP contribution in [0.25, 0.3) is 66.1 Å². The van der Waals surface area contributed by atoms with E-state index in [1.54, 1.807) is 0 Å². The molecule has 0 aliphatic heterocycles. The maximum absolute atomic E-state index is 6.41. The number of para-hydroxylation sites is 1. The maximum Gasteiger partial charge on any atom is 0.143 e. The average Bonchev–Trinajstić information content (AvgIpc) is 3.67. The van der Waals surface area contributed by atoms with Crippen LogP contribution < -0.4 is 4.90 Å². The van der Waals surface area contributed by atoms with Gasteiger partial charge in [0.05, 0.1) is 0 Å². The minimum Gasteiger partial charge on any atom is -0.455 e. The Hall–Kier alpha value is -6.38. The van der Waals surface area contributed by atoms with Crippen LogP contribution in [0.1, 0.15) is 25.0 Å². The summed E-state index contributed by atoms with van der Waals surface area (Å²) in [7, 11) is 0. The number of furan rings is 1. The second-order valence-corrected chi connectivity index (χ2v) is 14.1. The van der Waals surface area contributed by atoms with E-state index in [2.05, 4.69) is 189 Å². The van der Waals surface area contributed by atoms with Gasteiger partial charge in [-0.3, -0.25) is 0 Å².